The van der Waals surface area contributed by atoms with Crippen molar-refractivity contribution in [3.8, 4) is 22.8 Å². The molecule has 0 atom stereocenters. The molecule has 3 nitrogen and oxygen atoms in total. The predicted molar refractivity (Wildman–Crippen MR) is 81.0 cm³/mol. The highest BCUT2D eigenvalue weighted by molar-refractivity contribution is 5.74. The van der Waals surface area contributed by atoms with Gasteiger partial charge in [0.1, 0.15) is 23.1 Å². The van der Waals surface area contributed by atoms with Gasteiger partial charge in [0.25, 0.3) is 0 Å². The molecule has 0 N–H and O–H groups in total. The zero-order valence-electron chi connectivity index (χ0n) is 12.5. The van der Waals surface area contributed by atoms with Crippen LogP contribution in [0.15, 0.2) is 59.0 Å². The standard InChI is InChI=1S/C18H10F4O3/c19-11-1-3-12(4-2-11)24-13-5-7-15(16(9-13)18(20,21)22)17-8-6-14(10-23)25-17/h1-10H. The molecular weight excluding hydrogens is 340 g/mol. The topological polar surface area (TPSA) is 39.4 Å². The van der Waals surface area contributed by atoms with Gasteiger partial charge in [0.2, 0.25) is 0 Å². The number of benzene rings is 2. The van der Waals surface area contributed by atoms with E-state index in [0.29, 0.717) is 6.29 Å². The van der Waals surface area contributed by atoms with Crippen LogP contribution in [0.25, 0.3) is 11.3 Å². The Balaban J connectivity index is 2.00. The molecule has 128 valence electrons. The van der Waals surface area contributed by atoms with Gasteiger partial charge < -0.3 is 9.15 Å². The fraction of sp³-hybridized carbons (Fsp3) is 0.0556. The Kier molecular flexibility index (Phi) is 4.31. The SMILES string of the molecule is O=Cc1ccc(-c2ccc(Oc3ccc(F)cc3)cc2C(F)(F)F)o1. The zero-order valence-corrected chi connectivity index (χ0v) is 12.5. The zero-order chi connectivity index (χ0) is 18.0. The molecule has 0 spiro atoms. The van der Waals surface area contributed by atoms with Crippen LogP contribution < -0.4 is 4.74 Å². The van der Waals surface area contributed by atoms with Gasteiger partial charge in [-0.1, -0.05) is 0 Å². The van der Waals surface area contributed by atoms with E-state index in [1.54, 1.807) is 0 Å². The molecular formula is C18H10F4O3. The highest BCUT2D eigenvalue weighted by atomic mass is 19.4. The van der Waals surface area contributed by atoms with Gasteiger partial charge >= 0.3 is 6.18 Å². The molecule has 3 rings (SSSR count). The maximum atomic E-state index is 13.4. The van der Waals surface area contributed by atoms with Crippen molar-refractivity contribution in [3.05, 3.63) is 71.7 Å². The number of rotatable bonds is 4. The molecule has 0 aliphatic heterocycles. The van der Waals surface area contributed by atoms with Gasteiger partial charge in [-0.25, -0.2) is 4.39 Å². The van der Waals surface area contributed by atoms with Crippen molar-refractivity contribution in [3.63, 3.8) is 0 Å². The molecule has 3 aromatic rings. The van der Waals surface area contributed by atoms with Crippen molar-refractivity contribution >= 4 is 6.29 Å². The Hall–Kier alpha value is -3.09. The molecule has 0 saturated carbocycles. The van der Waals surface area contributed by atoms with Gasteiger partial charge in [-0.2, -0.15) is 13.2 Å². The highest BCUT2D eigenvalue weighted by Gasteiger charge is 2.35. The number of furan rings is 1. The number of alkyl halides is 3. The van der Waals surface area contributed by atoms with Crippen LogP contribution in [0.3, 0.4) is 0 Å². The quantitative estimate of drug-likeness (QED) is 0.447. The van der Waals surface area contributed by atoms with Crippen LogP contribution in [-0.4, -0.2) is 6.29 Å². The van der Waals surface area contributed by atoms with E-state index in [1.165, 1.54) is 36.4 Å². The molecule has 25 heavy (non-hydrogen) atoms. The number of aldehydes is 1. The lowest BCUT2D eigenvalue weighted by Gasteiger charge is -2.14. The second-order valence-corrected chi connectivity index (χ2v) is 5.08. The van der Waals surface area contributed by atoms with Crippen molar-refractivity contribution in [2.45, 2.75) is 6.18 Å². The Bertz CT molecular complexity index is 895. The third-order valence-corrected chi connectivity index (χ3v) is 3.35. The van der Waals surface area contributed by atoms with Crippen molar-refractivity contribution in [1.82, 2.24) is 0 Å². The van der Waals surface area contributed by atoms with Crippen LogP contribution in [0.2, 0.25) is 0 Å². The summed E-state index contributed by atoms with van der Waals surface area (Å²) in [6.07, 6.45) is -4.26. The van der Waals surface area contributed by atoms with Crippen LogP contribution >= 0.6 is 0 Å². The highest BCUT2D eigenvalue weighted by Crippen LogP contribution is 2.40. The number of carbonyl (C=O) groups is 1. The first-order valence-corrected chi connectivity index (χ1v) is 7.07. The molecule has 7 heteroatoms. The van der Waals surface area contributed by atoms with Crippen LogP contribution in [0.1, 0.15) is 16.1 Å². The average Bonchev–Trinajstić information content (AvgIpc) is 3.05. The summed E-state index contributed by atoms with van der Waals surface area (Å²) in [5.41, 5.74) is -1.19. The summed E-state index contributed by atoms with van der Waals surface area (Å²) in [7, 11) is 0. The fourth-order valence-corrected chi connectivity index (χ4v) is 2.24. The average molecular weight is 350 g/mol. The molecule has 0 radical (unpaired) electrons. The molecule has 0 amide bonds. The number of hydrogen-bond donors (Lipinski definition) is 0. The van der Waals surface area contributed by atoms with E-state index in [0.717, 1.165) is 18.2 Å². The van der Waals surface area contributed by atoms with Gasteiger partial charge in [0.05, 0.1) is 5.56 Å². The van der Waals surface area contributed by atoms with Gasteiger partial charge in [0, 0.05) is 5.56 Å². The Morgan fingerprint density at radius 1 is 0.920 bits per heavy atom. The largest absolute Gasteiger partial charge is 0.457 e. The van der Waals surface area contributed by atoms with Crippen LogP contribution in [0.4, 0.5) is 17.6 Å². The first-order chi connectivity index (χ1) is 11.9. The minimum Gasteiger partial charge on any atom is -0.457 e. The molecule has 0 bridgehead atoms. The molecule has 0 fully saturated rings. The van der Waals surface area contributed by atoms with Crippen LogP contribution in [0, 0.1) is 5.82 Å². The molecule has 1 aromatic heterocycles. The maximum Gasteiger partial charge on any atom is 0.417 e. The summed E-state index contributed by atoms with van der Waals surface area (Å²) in [5, 5.41) is 0. The van der Waals surface area contributed by atoms with Gasteiger partial charge in [-0.15, -0.1) is 0 Å². The third kappa shape index (κ3) is 3.71. The molecule has 0 aliphatic rings. The molecule has 0 saturated heterocycles. The van der Waals surface area contributed by atoms with Crippen LogP contribution in [-0.2, 0) is 6.18 Å². The summed E-state index contributed by atoms with van der Waals surface area (Å²) >= 11 is 0. The van der Waals surface area contributed by atoms with Crippen molar-refractivity contribution in [1.29, 1.82) is 0 Å². The van der Waals surface area contributed by atoms with Gasteiger partial charge in [-0.3, -0.25) is 4.79 Å². The molecule has 0 unspecified atom stereocenters. The first kappa shape index (κ1) is 16.8. The minimum absolute atomic E-state index is 0.0650. The van der Waals surface area contributed by atoms with E-state index in [1.807, 2.05) is 0 Å². The van der Waals surface area contributed by atoms with Crippen molar-refractivity contribution < 1.29 is 31.5 Å². The first-order valence-electron chi connectivity index (χ1n) is 7.07. The number of carbonyl (C=O) groups excluding carboxylic acids is 1. The lowest BCUT2D eigenvalue weighted by Crippen LogP contribution is -2.07. The predicted octanol–water partition coefficient (Wildman–Crippen LogP) is 5.71. The normalized spacial score (nSPS) is 11.4. The minimum atomic E-state index is -4.66. The summed E-state index contributed by atoms with van der Waals surface area (Å²) < 4.78 is 63.4. The van der Waals surface area contributed by atoms with E-state index in [2.05, 4.69) is 0 Å². The second-order valence-electron chi connectivity index (χ2n) is 5.08. The summed E-state index contributed by atoms with van der Waals surface area (Å²) in [5.74, 6) is -0.506. The van der Waals surface area contributed by atoms with Crippen LogP contribution in [0.5, 0.6) is 11.5 Å². The monoisotopic (exact) mass is 350 g/mol. The number of ether oxygens (including phenoxy) is 1. The molecule has 1 heterocycles. The third-order valence-electron chi connectivity index (χ3n) is 3.35. The van der Waals surface area contributed by atoms with E-state index < -0.39 is 17.6 Å². The van der Waals surface area contributed by atoms with Crippen molar-refractivity contribution in [2.24, 2.45) is 0 Å². The smallest absolute Gasteiger partial charge is 0.417 e. The summed E-state index contributed by atoms with van der Waals surface area (Å²) in [6, 6.07) is 10.8. The number of hydrogen-bond acceptors (Lipinski definition) is 3. The van der Waals surface area contributed by atoms with Gasteiger partial charge in [0.15, 0.2) is 12.0 Å². The second kappa shape index (κ2) is 6.43. The summed E-state index contributed by atoms with van der Waals surface area (Å²) in [4.78, 5) is 10.7. The summed E-state index contributed by atoms with van der Waals surface area (Å²) in [6.45, 7) is 0. The molecule has 2 aromatic carbocycles. The molecule has 0 aliphatic carbocycles. The number of halogens is 4. The fourth-order valence-electron chi connectivity index (χ4n) is 2.24. The lowest BCUT2D eigenvalue weighted by atomic mass is 10.0. The lowest BCUT2D eigenvalue weighted by molar-refractivity contribution is -0.137. The Morgan fingerprint density at radius 2 is 1.60 bits per heavy atom. The maximum absolute atomic E-state index is 13.4. The Labute approximate surface area is 139 Å². The Morgan fingerprint density at radius 3 is 2.20 bits per heavy atom. The van der Waals surface area contributed by atoms with E-state index in [4.69, 9.17) is 9.15 Å². The van der Waals surface area contributed by atoms with E-state index >= 15 is 0 Å². The van der Waals surface area contributed by atoms with Gasteiger partial charge in [-0.05, 0) is 54.6 Å². The van der Waals surface area contributed by atoms with Crippen molar-refractivity contribution in [2.75, 3.05) is 0 Å². The van der Waals surface area contributed by atoms with E-state index in [9.17, 15) is 22.4 Å². The van der Waals surface area contributed by atoms with E-state index in [-0.39, 0.29) is 28.6 Å².